The minimum Gasteiger partial charge on any atom is -0.487 e. The van der Waals surface area contributed by atoms with Crippen molar-refractivity contribution in [2.45, 2.75) is 26.4 Å². The molecule has 1 fully saturated rings. The molecule has 1 aromatic heterocycles. The normalized spacial score (nSPS) is 15.3. The van der Waals surface area contributed by atoms with E-state index in [1.807, 2.05) is 12.3 Å². The van der Waals surface area contributed by atoms with Crippen LogP contribution in [0.15, 0.2) is 47.8 Å². The molecule has 2 aromatic carbocycles. The summed E-state index contributed by atoms with van der Waals surface area (Å²) >= 11 is 1.59. The number of rotatable bonds is 6. The molecule has 0 saturated carbocycles. The summed E-state index contributed by atoms with van der Waals surface area (Å²) in [4.78, 5) is 31.8. The standard InChI is InChI=1S/C25H25N3O5S/c1-16-26-20(14-34-16)13-31-21-5-2-18(3-6-21)25(30)28-10-8-17(9-11-28)24(29)27-19-4-7-22-23(12-19)33-15-32-22/h2-7,12,14,17H,8-11,13,15H2,1H3,(H,27,29). The summed E-state index contributed by atoms with van der Waals surface area (Å²) < 4.78 is 16.4. The highest BCUT2D eigenvalue weighted by Crippen LogP contribution is 2.34. The predicted molar refractivity (Wildman–Crippen MR) is 127 cm³/mol. The Morgan fingerprint density at radius 2 is 1.88 bits per heavy atom. The van der Waals surface area contributed by atoms with E-state index in [9.17, 15) is 9.59 Å². The summed E-state index contributed by atoms with van der Waals surface area (Å²) in [7, 11) is 0. The summed E-state index contributed by atoms with van der Waals surface area (Å²) in [6, 6.07) is 12.5. The number of carbonyl (C=O) groups is 2. The molecule has 1 N–H and O–H groups in total. The number of ether oxygens (including phenoxy) is 3. The number of nitrogens with one attached hydrogen (secondary N) is 1. The topological polar surface area (TPSA) is 90.0 Å². The van der Waals surface area contributed by atoms with Crippen LogP contribution in [0.2, 0.25) is 0 Å². The number of likely N-dealkylation sites (tertiary alicyclic amines) is 1. The Balaban J connectivity index is 1.11. The maximum absolute atomic E-state index is 12.9. The van der Waals surface area contributed by atoms with Crippen molar-refractivity contribution in [2.75, 3.05) is 25.2 Å². The molecule has 34 heavy (non-hydrogen) atoms. The van der Waals surface area contributed by atoms with Crippen LogP contribution in [0.4, 0.5) is 5.69 Å². The molecule has 0 spiro atoms. The van der Waals surface area contributed by atoms with Gasteiger partial charge in [0, 0.05) is 41.7 Å². The van der Waals surface area contributed by atoms with E-state index in [1.165, 1.54) is 0 Å². The van der Waals surface area contributed by atoms with Gasteiger partial charge in [-0.25, -0.2) is 4.98 Å². The van der Waals surface area contributed by atoms with Gasteiger partial charge in [0.1, 0.15) is 12.4 Å². The lowest BCUT2D eigenvalue weighted by molar-refractivity contribution is -0.121. The quantitative estimate of drug-likeness (QED) is 0.569. The van der Waals surface area contributed by atoms with E-state index in [2.05, 4.69) is 10.3 Å². The molecule has 0 atom stereocenters. The molecule has 2 aliphatic heterocycles. The van der Waals surface area contributed by atoms with Crippen LogP contribution in [0.5, 0.6) is 17.2 Å². The molecule has 9 heteroatoms. The maximum Gasteiger partial charge on any atom is 0.253 e. The molecule has 3 heterocycles. The van der Waals surface area contributed by atoms with Crippen molar-refractivity contribution in [3.05, 3.63) is 64.1 Å². The number of hydrogen-bond acceptors (Lipinski definition) is 7. The van der Waals surface area contributed by atoms with E-state index < -0.39 is 0 Å². The molecule has 5 rings (SSSR count). The second-order valence-corrected chi connectivity index (χ2v) is 9.36. The van der Waals surface area contributed by atoms with Gasteiger partial charge in [0.2, 0.25) is 12.7 Å². The van der Waals surface area contributed by atoms with Gasteiger partial charge in [0.25, 0.3) is 5.91 Å². The minimum absolute atomic E-state index is 0.0312. The Morgan fingerprint density at radius 1 is 1.12 bits per heavy atom. The smallest absolute Gasteiger partial charge is 0.253 e. The van der Waals surface area contributed by atoms with E-state index in [-0.39, 0.29) is 24.5 Å². The van der Waals surface area contributed by atoms with Crippen molar-refractivity contribution in [3.63, 3.8) is 0 Å². The van der Waals surface area contributed by atoms with Gasteiger partial charge in [-0.05, 0) is 56.2 Å². The van der Waals surface area contributed by atoms with Gasteiger partial charge in [0.15, 0.2) is 11.5 Å². The third kappa shape index (κ3) is 4.99. The highest BCUT2D eigenvalue weighted by atomic mass is 32.1. The molecule has 3 aromatic rings. The first-order valence-corrected chi connectivity index (χ1v) is 12.1. The van der Waals surface area contributed by atoms with E-state index in [1.54, 1.807) is 58.7 Å². The van der Waals surface area contributed by atoms with Crippen LogP contribution in [0, 0.1) is 12.8 Å². The van der Waals surface area contributed by atoms with Gasteiger partial charge in [-0.15, -0.1) is 11.3 Å². The minimum atomic E-state index is -0.139. The van der Waals surface area contributed by atoms with Gasteiger partial charge in [-0.2, -0.15) is 0 Å². The van der Waals surface area contributed by atoms with E-state index in [0.29, 0.717) is 61.0 Å². The Bertz CT molecular complexity index is 1190. The number of hydrogen-bond donors (Lipinski definition) is 1. The fraction of sp³-hybridized carbons (Fsp3) is 0.320. The number of carbonyl (C=O) groups excluding carboxylic acids is 2. The van der Waals surface area contributed by atoms with Crippen molar-refractivity contribution in [3.8, 4) is 17.2 Å². The van der Waals surface area contributed by atoms with E-state index in [0.717, 1.165) is 10.7 Å². The number of thiazole rings is 1. The molecule has 0 radical (unpaired) electrons. The lowest BCUT2D eigenvalue weighted by atomic mass is 9.95. The second-order valence-electron chi connectivity index (χ2n) is 8.29. The molecule has 2 amide bonds. The van der Waals surface area contributed by atoms with Crippen LogP contribution in [0.1, 0.15) is 33.9 Å². The molecule has 1 saturated heterocycles. The van der Waals surface area contributed by atoms with Crippen molar-refractivity contribution >= 4 is 28.8 Å². The zero-order valence-electron chi connectivity index (χ0n) is 18.8. The van der Waals surface area contributed by atoms with Crippen LogP contribution in [-0.2, 0) is 11.4 Å². The molecule has 0 bridgehead atoms. The number of piperidine rings is 1. The SMILES string of the molecule is Cc1nc(COc2ccc(C(=O)N3CCC(C(=O)Nc4ccc5c(c4)OCO5)CC3)cc2)cs1. The molecule has 0 aliphatic carbocycles. The molecule has 176 valence electrons. The van der Waals surface area contributed by atoms with Crippen molar-refractivity contribution < 1.29 is 23.8 Å². The first kappa shape index (κ1) is 22.2. The largest absolute Gasteiger partial charge is 0.487 e. The number of aromatic nitrogens is 1. The first-order valence-electron chi connectivity index (χ1n) is 11.2. The van der Waals surface area contributed by atoms with Gasteiger partial charge >= 0.3 is 0 Å². The van der Waals surface area contributed by atoms with E-state index >= 15 is 0 Å². The number of benzene rings is 2. The summed E-state index contributed by atoms with van der Waals surface area (Å²) in [5.74, 6) is 1.80. The van der Waals surface area contributed by atoms with Crippen molar-refractivity contribution in [2.24, 2.45) is 5.92 Å². The number of anilines is 1. The summed E-state index contributed by atoms with van der Waals surface area (Å²) in [6.45, 7) is 3.64. The van der Waals surface area contributed by atoms with Gasteiger partial charge in [-0.1, -0.05) is 0 Å². The Hall–Kier alpha value is -3.59. The number of amides is 2. The summed E-state index contributed by atoms with van der Waals surface area (Å²) in [5, 5.41) is 5.94. The van der Waals surface area contributed by atoms with Crippen LogP contribution >= 0.6 is 11.3 Å². The monoisotopic (exact) mass is 479 g/mol. The zero-order valence-corrected chi connectivity index (χ0v) is 19.6. The molecule has 2 aliphatic rings. The third-order valence-electron chi connectivity index (χ3n) is 5.95. The zero-order chi connectivity index (χ0) is 23.5. The van der Waals surface area contributed by atoms with Gasteiger partial charge < -0.3 is 24.4 Å². The average molecular weight is 480 g/mol. The number of nitrogens with zero attached hydrogens (tertiary/aromatic N) is 2. The highest BCUT2D eigenvalue weighted by Gasteiger charge is 2.28. The van der Waals surface area contributed by atoms with Gasteiger partial charge in [-0.3, -0.25) is 9.59 Å². The highest BCUT2D eigenvalue weighted by molar-refractivity contribution is 7.09. The fourth-order valence-electron chi connectivity index (χ4n) is 4.07. The molecule has 0 unspecified atom stereocenters. The Kier molecular flexibility index (Phi) is 6.35. The average Bonchev–Trinajstić information content (AvgIpc) is 3.51. The predicted octanol–water partition coefficient (Wildman–Crippen LogP) is 4.25. The summed E-state index contributed by atoms with van der Waals surface area (Å²) in [6.07, 6.45) is 1.24. The lowest BCUT2D eigenvalue weighted by Crippen LogP contribution is -2.41. The van der Waals surface area contributed by atoms with E-state index in [4.69, 9.17) is 14.2 Å². The third-order valence-corrected chi connectivity index (χ3v) is 6.77. The Labute approximate surface area is 201 Å². The van der Waals surface area contributed by atoms with Crippen LogP contribution < -0.4 is 19.5 Å². The lowest BCUT2D eigenvalue weighted by Gasteiger charge is -2.31. The van der Waals surface area contributed by atoms with Crippen LogP contribution in [0.3, 0.4) is 0 Å². The van der Waals surface area contributed by atoms with Crippen LogP contribution in [-0.4, -0.2) is 41.6 Å². The van der Waals surface area contributed by atoms with Crippen LogP contribution in [0.25, 0.3) is 0 Å². The molecular formula is C25H25N3O5S. The van der Waals surface area contributed by atoms with Gasteiger partial charge in [0.05, 0.1) is 10.7 Å². The fourth-order valence-corrected chi connectivity index (χ4v) is 4.67. The first-order chi connectivity index (χ1) is 16.5. The number of aryl methyl sites for hydroxylation is 1. The summed E-state index contributed by atoms with van der Waals surface area (Å²) in [5.41, 5.74) is 2.19. The van der Waals surface area contributed by atoms with Crippen molar-refractivity contribution in [1.82, 2.24) is 9.88 Å². The molecular weight excluding hydrogens is 454 g/mol. The Morgan fingerprint density at radius 3 is 2.62 bits per heavy atom. The second kappa shape index (κ2) is 9.72. The number of fused-ring (bicyclic) bond motifs is 1. The van der Waals surface area contributed by atoms with Crippen molar-refractivity contribution in [1.29, 1.82) is 0 Å². The maximum atomic E-state index is 12.9. The molecule has 8 nitrogen and oxygen atoms in total.